The summed E-state index contributed by atoms with van der Waals surface area (Å²) in [5.41, 5.74) is -0.0239. The van der Waals surface area contributed by atoms with E-state index in [4.69, 9.17) is 4.74 Å². The van der Waals surface area contributed by atoms with Gasteiger partial charge in [0.05, 0.1) is 25.1 Å². The van der Waals surface area contributed by atoms with Gasteiger partial charge in [-0.2, -0.15) is 0 Å². The summed E-state index contributed by atoms with van der Waals surface area (Å²) in [7, 11) is 0. The Morgan fingerprint density at radius 2 is 2.26 bits per heavy atom. The molecule has 1 aliphatic rings. The minimum Gasteiger partial charge on any atom is -0.379 e. The number of hydrogen-bond donors (Lipinski definition) is 1. The molecule has 0 spiro atoms. The highest BCUT2D eigenvalue weighted by atomic mass is 32.1. The first-order valence-electron chi connectivity index (χ1n) is 6.58. The fraction of sp³-hybridized carbons (Fsp3) is 0.538. The first-order chi connectivity index (χ1) is 9.26. The van der Waals surface area contributed by atoms with Gasteiger partial charge in [0.25, 0.3) is 5.56 Å². The SMILES string of the molecule is CCc1cc2c(=O)[nH]c(CN3CCOCC3)nc2s1. The largest absolute Gasteiger partial charge is 0.379 e. The number of aryl methyl sites for hydroxylation is 1. The van der Waals surface area contributed by atoms with E-state index in [-0.39, 0.29) is 5.56 Å². The highest BCUT2D eigenvalue weighted by Gasteiger charge is 2.14. The Balaban J connectivity index is 1.89. The Labute approximate surface area is 115 Å². The van der Waals surface area contributed by atoms with Gasteiger partial charge in [-0.15, -0.1) is 11.3 Å². The number of aromatic amines is 1. The third-order valence-electron chi connectivity index (χ3n) is 3.33. The number of fused-ring (bicyclic) bond motifs is 1. The predicted molar refractivity (Wildman–Crippen MR) is 75.7 cm³/mol. The van der Waals surface area contributed by atoms with E-state index in [0.717, 1.165) is 43.4 Å². The van der Waals surface area contributed by atoms with Gasteiger partial charge in [0.15, 0.2) is 0 Å². The Morgan fingerprint density at radius 1 is 1.47 bits per heavy atom. The van der Waals surface area contributed by atoms with Crippen LogP contribution in [-0.4, -0.2) is 41.2 Å². The van der Waals surface area contributed by atoms with Crippen LogP contribution in [0.3, 0.4) is 0 Å². The Bertz CT molecular complexity index is 628. The van der Waals surface area contributed by atoms with Gasteiger partial charge < -0.3 is 9.72 Å². The van der Waals surface area contributed by atoms with E-state index in [1.54, 1.807) is 11.3 Å². The van der Waals surface area contributed by atoms with Gasteiger partial charge in [0, 0.05) is 18.0 Å². The topological polar surface area (TPSA) is 58.2 Å². The Hall–Kier alpha value is -1.24. The lowest BCUT2D eigenvalue weighted by Gasteiger charge is -2.25. The number of rotatable bonds is 3. The van der Waals surface area contributed by atoms with Crippen LogP contribution in [-0.2, 0) is 17.7 Å². The molecule has 5 nitrogen and oxygen atoms in total. The van der Waals surface area contributed by atoms with Crippen molar-refractivity contribution in [1.82, 2.24) is 14.9 Å². The molecule has 0 atom stereocenters. The van der Waals surface area contributed by atoms with Crippen LogP contribution in [0.1, 0.15) is 17.6 Å². The molecular formula is C13H17N3O2S. The van der Waals surface area contributed by atoms with Crippen molar-refractivity contribution in [1.29, 1.82) is 0 Å². The fourth-order valence-electron chi connectivity index (χ4n) is 2.25. The molecular weight excluding hydrogens is 262 g/mol. The normalized spacial score (nSPS) is 17.1. The number of morpholine rings is 1. The lowest BCUT2D eigenvalue weighted by atomic mass is 10.3. The Morgan fingerprint density at radius 3 is 3.00 bits per heavy atom. The summed E-state index contributed by atoms with van der Waals surface area (Å²) in [6, 6.07) is 1.95. The standard InChI is InChI=1S/C13H17N3O2S/c1-2-9-7-10-12(17)14-11(15-13(10)19-9)8-16-3-5-18-6-4-16/h7H,2-6,8H2,1H3,(H,14,15,17). The summed E-state index contributed by atoms with van der Waals surface area (Å²) in [6.45, 7) is 6.08. The quantitative estimate of drug-likeness (QED) is 0.922. The molecule has 3 rings (SSSR count). The van der Waals surface area contributed by atoms with Crippen LogP contribution in [0.2, 0.25) is 0 Å². The van der Waals surface area contributed by atoms with Crippen LogP contribution in [0.4, 0.5) is 0 Å². The number of hydrogen-bond acceptors (Lipinski definition) is 5. The molecule has 2 aromatic rings. The molecule has 0 amide bonds. The number of aromatic nitrogens is 2. The van der Waals surface area contributed by atoms with Crippen molar-refractivity contribution < 1.29 is 4.74 Å². The first kappa shape index (κ1) is 12.8. The number of ether oxygens (including phenoxy) is 1. The summed E-state index contributed by atoms with van der Waals surface area (Å²) in [4.78, 5) is 23.8. The van der Waals surface area contributed by atoms with Gasteiger partial charge in [-0.1, -0.05) is 6.92 Å². The van der Waals surface area contributed by atoms with Crippen LogP contribution in [0, 0.1) is 0 Å². The minimum absolute atomic E-state index is 0.0239. The Kier molecular flexibility index (Phi) is 3.63. The van der Waals surface area contributed by atoms with Gasteiger partial charge in [0.1, 0.15) is 10.7 Å². The van der Waals surface area contributed by atoms with Crippen LogP contribution in [0.5, 0.6) is 0 Å². The van der Waals surface area contributed by atoms with E-state index in [0.29, 0.717) is 11.9 Å². The zero-order valence-corrected chi connectivity index (χ0v) is 11.8. The maximum atomic E-state index is 12.0. The zero-order chi connectivity index (χ0) is 13.2. The maximum Gasteiger partial charge on any atom is 0.259 e. The molecule has 102 valence electrons. The van der Waals surface area contributed by atoms with Crippen molar-refractivity contribution in [3.05, 3.63) is 27.1 Å². The van der Waals surface area contributed by atoms with Gasteiger partial charge in [-0.3, -0.25) is 9.69 Å². The molecule has 0 radical (unpaired) electrons. The second-order valence-corrected chi connectivity index (χ2v) is 5.80. The fourth-order valence-corrected chi connectivity index (χ4v) is 3.23. The lowest BCUT2D eigenvalue weighted by Crippen LogP contribution is -2.36. The highest BCUT2D eigenvalue weighted by molar-refractivity contribution is 7.18. The predicted octanol–water partition coefficient (Wildman–Crippen LogP) is 1.38. The summed E-state index contributed by atoms with van der Waals surface area (Å²) in [6.07, 6.45) is 0.944. The average Bonchev–Trinajstić information content (AvgIpc) is 2.83. The molecule has 6 heteroatoms. The first-order valence-corrected chi connectivity index (χ1v) is 7.39. The maximum absolute atomic E-state index is 12.0. The van der Waals surface area contributed by atoms with Crippen molar-refractivity contribution in [2.45, 2.75) is 19.9 Å². The molecule has 1 fully saturated rings. The number of nitrogens with zero attached hydrogens (tertiary/aromatic N) is 2. The molecule has 1 aliphatic heterocycles. The van der Waals surface area contributed by atoms with Crippen LogP contribution < -0.4 is 5.56 Å². The van der Waals surface area contributed by atoms with E-state index in [9.17, 15) is 4.79 Å². The van der Waals surface area contributed by atoms with E-state index < -0.39 is 0 Å². The van der Waals surface area contributed by atoms with E-state index >= 15 is 0 Å². The minimum atomic E-state index is -0.0239. The third-order valence-corrected chi connectivity index (χ3v) is 4.50. The number of H-pyrrole nitrogens is 1. The van der Waals surface area contributed by atoms with Gasteiger partial charge in [0.2, 0.25) is 0 Å². The van der Waals surface area contributed by atoms with Gasteiger partial charge in [-0.25, -0.2) is 4.98 Å². The molecule has 0 bridgehead atoms. The monoisotopic (exact) mass is 279 g/mol. The molecule has 19 heavy (non-hydrogen) atoms. The molecule has 0 aliphatic carbocycles. The number of nitrogens with one attached hydrogen (secondary N) is 1. The average molecular weight is 279 g/mol. The molecule has 0 aromatic carbocycles. The third kappa shape index (κ3) is 2.70. The van der Waals surface area contributed by atoms with Gasteiger partial charge in [-0.05, 0) is 12.5 Å². The molecule has 1 N–H and O–H groups in total. The van der Waals surface area contributed by atoms with Crippen molar-refractivity contribution in [2.75, 3.05) is 26.3 Å². The second-order valence-electron chi connectivity index (χ2n) is 4.69. The van der Waals surface area contributed by atoms with Crippen molar-refractivity contribution in [3.8, 4) is 0 Å². The van der Waals surface area contributed by atoms with Crippen LogP contribution in [0.15, 0.2) is 10.9 Å². The van der Waals surface area contributed by atoms with Crippen LogP contribution >= 0.6 is 11.3 Å². The van der Waals surface area contributed by atoms with E-state index in [1.165, 1.54) is 4.88 Å². The molecule has 3 heterocycles. The smallest absolute Gasteiger partial charge is 0.259 e. The summed E-state index contributed by atoms with van der Waals surface area (Å²) in [5, 5.41) is 0.715. The van der Waals surface area contributed by atoms with Crippen molar-refractivity contribution >= 4 is 21.6 Å². The highest BCUT2D eigenvalue weighted by Crippen LogP contribution is 2.21. The molecule has 1 saturated heterocycles. The number of thiophene rings is 1. The van der Waals surface area contributed by atoms with E-state index in [1.807, 2.05) is 6.07 Å². The second kappa shape index (κ2) is 5.40. The van der Waals surface area contributed by atoms with E-state index in [2.05, 4.69) is 21.8 Å². The van der Waals surface area contributed by atoms with Crippen LogP contribution in [0.25, 0.3) is 10.2 Å². The van der Waals surface area contributed by atoms with Crippen molar-refractivity contribution in [3.63, 3.8) is 0 Å². The summed E-state index contributed by atoms with van der Waals surface area (Å²) >= 11 is 1.61. The summed E-state index contributed by atoms with van der Waals surface area (Å²) < 4.78 is 5.32. The molecule has 0 saturated carbocycles. The zero-order valence-electron chi connectivity index (χ0n) is 10.9. The molecule has 2 aromatic heterocycles. The van der Waals surface area contributed by atoms with Gasteiger partial charge >= 0.3 is 0 Å². The van der Waals surface area contributed by atoms with Crippen molar-refractivity contribution in [2.24, 2.45) is 0 Å². The molecule has 0 unspecified atom stereocenters. The summed E-state index contributed by atoms with van der Waals surface area (Å²) in [5.74, 6) is 0.754. The lowest BCUT2D eigenvalue weighted by molar-refractivity contribution is 0.0331.